The highest BCUT2D eigenvalue weighted by Crippen LogP contribution is 2.06. The van der Waals surface area contributed by atoms with Crippen molar-refractivity contribution in [3.05, 3.63) is 12.7 Å². The van der Waals surface area contributed by atoms with Crippen LogP contribution in [0.25, 0.3) is 0 Å². The molecule has 0 rings (SSSR count). The minimum Gasteiger partial charge on any atom is -0.389 e. The van der Waals surface area contributed by atoms with Gasteiger partial charge in [0, 0.05) is 6.42 Å². The second-order valence-electron chi connectivity index (χ2n) is 2.29. The van der Waals surface area contributed by atoms with Crippen LogP contribution in [0.5, 0.6) is 0 Å². The number of hydrogen-bond donors (Lipinski definition) is 1. The largest absolute Gasteiger partial charge is 0.389 e. The van der Waals surface area contributed by atoms with Crippen molar-refractivity contribution in [2.75, 3.05) is 0 Å². The lowest BCUT2D eigenvalue weighted by Gasteiger charge is -2.10. The summed E-state index contributed by atoms with van der Waals surface area (Å²) in [4.78, 5) is 0. The lowest BCUT2D eigenvalue weighted by atomic mass is 10.0. The fourth-order valence-electron chi connectivity index (χ4n) is 0.573. The molecular formula is C9H13O. The Balaban J connectivity index is 3.67. The first-order valence-corrected chi connectivity index (χ1v) is 3.35. The molecule has 0 unspecified atom stereocenters. The van der Waals surface area contributed by atoms with Crippen LogP contribution in [-0.2, 0) is 0 Å². The average molecular weight is 137 g/mol. The van der Waals surface area contributed by atoms with Gasteiger partial charge in [-0.25, -0.2) is 0 Å². The molecule has 2 atom stereocenters. The lowest BCUT2D eigenvalue weighted by Crippen LogP contribution is -2.13. The van der Waals surface area contributed by atoms with Gasteiger partial charge in [-0.3, -0.25) is 0 Å². The van der Waals surface area contributed by atoms with Crippen molar-refractivity contribution in [1.82, 2.24) is 0 Å². The minimum absolute atomic E-state index is 0.137. The van der Waals surface area contributed by atoms with Gasteiger partial charge < -0.3 is 5.11 Å². The molecular weight excluding hydrogens is 124 g/mol. The van der Waals surface area contributed by atoms with Gasteiger partial charge in [0.1, 0.15) is 0 Å². The Labute approximate surface area is 62.8 Å². The molecule has 1 N–H and O–H groups in total. The number of aliphatic hydroxyl groups excluding tert-OH is 1. The molecule has 1 heteroatoms. The van der Waals surface area contributed by atoms with E-state index in [-0.39, 0.29) is 5.92 Å². The van der Waals surface area contributed by atoms with Gasteiger partial charge in [-0.15, -0.1) is 11.8 Å². The lowest BCUT2D eigenvalue weighted by molar-refractivity contribution is 0.165. The van der Waals surface area contributed by atoms with Crippen LogP contribution in [-0.4, -0.2) is 11.2 Å². The van der Waals surface area contributed by atoms with Gasteiger partial charge in [-0.05, 0) is 12.8 Å². The number of aliphatic hydroxyl groups is 1. The number of hydrogen-bond acceptors (Lipinski definition) is 1. The van der Waals surface area contributed by atoms with Gasteiger partial charge in [0.15, 0.2) is 0 Å². The molecule has 0 aromatic heterocycles. The van der Waals surface area contributed by atoms with Gasteiger partial charge in [0.2, 0.25) is 0 Å². The van der Waals surface area contributed by atoms with Crippen LogP contribution < -0.4 is 0 Å². The van der Waals surface area contributed by atoms with E-state index in [0.29, 0.717) is 6.42 Å². The Morgan fingerprint density at radius 3 is 2.70 bits per heavy atom. The Morgan fingerprint density at radius 2 is 2.30 bits per heavy atom. The molecule has 1 radical (unpaired) electrons. The smallest absolute Gasteiger partial charge is 0.0758 e. The zero-order valence-electron chi connectivity index (χ0n) is 6.46. The van der Waals surface area contributed by atoms with Crippen LogP contribution in [0.1, 0.15) is 20.3 Å². The van der Waals surface area contributed by atoms with Crippen LogP contribution in [0.4, 0.5) is 0 Å². The van der Waals surface area contributed by atoms with Crippen LogP contribution in [0, 0.1) is 24.3 Å². The summed E-state index contributed by atoms with van der Waals surface area (Å²) < 4.78 is 0. The molecule has 0 aromatic rings. The van der Waals surface area contributed by atoms with Crippen LogP contribution in [0.2, 0.25) is 0 Å². The molecule has 1 nitrogen and oxygen atoms in total. The van der Waals surface area contributed by atoms with Gasteiger partial charge >= 0.3 is 0 Å². The average Bonchev–Trinajstić information content (AvgIpc) is 1.98. The fourth-order valence-corrected chi connectivity index (χ4v) is 0.573. The molecule has 0 fully saturated rings. The standard InChI is InChI=1S/C9H13O/c1-4-6-7-8(3)9(10)5-2/h2,5,8-10H,7H2,1,3H3/t8-,9+/m1/s1. The van der Waals surface area contributed by atoms with E-state index in [0.717, 1.165) is 0 Å². The van der Waals surface area contributed by atoms with Crippen LogP contribution in [0.3, 0.4) is 0 Å². The van der Waals surface area contributed by atoms with E-state index in [1.54, 1.807) is 6.92 Å². The van der Waals surface area contributed by atoms with Crippen molar-refractivity contribution < 1.29 is 5.11 Å². The predicted octanol–water partition coefficient (Wildman–Crippen LogP) is 1.39. The zero-order valence-corrected chi connectivity index (χ0v) is 6.46. The van der Waals surface area contributed by atoms with Crippen molar-refractivity contribution in [2.45, 2.75) is 26.4 Å². The van der Waals surface area contributed by atoms with E-state index in [4.69, 9.17) is 11.7 Å². The Bertz CT molecular complexity index is 150. The predicted molar refractivity (Wildman–Crippen MR) is 42.1 cm³/mol. The van der Waals surface area contributed by atoms with E-state index < -0.39 is 6.10 Å². The molecule has 0 spiro atoms. The molecule has 0 aromatic carbocycles. The SMILES string of the molecule is [CH]=C[C@H](O)[C@H](C)CC#CC. The quantitative estimate of drug-likeness (QED) is 0.583. The normalized spacial score (nSPS) is 14.7. The second kappa shape index (κ2) is 5.08. The molecule has 10 heavy (non-hydrogen) atoms. The fraction of sp³-hybridized carbons (Fsp3) is 0.556. The summed E-state index contributed by atoms with van der Waals surface area (Å²) in [7, 11) is 0. The van der Waals surface area contributed by atoms with Crippen molar-refractivity contribution in [3.8, 4) is 11.8 Å². The molecule has 0 saturated heterocycles. The molecule has 0 aliphatic rings. The van der Waals surface area contributed by atoms with E-state index in [1.165, 1.54) is 6.08 Å². The highest BCUT2D eigenvalue weighted by Gasteiger charge is 2.07. The minimum atomic E-state index is -0.527. The maximum absolute atomic E-state index is 9.10. The van der Waals surface area contributed by atoms with Gasteiger partial charge in [-0.2, -0.15) is 0 Å². The van der Waals surface area contributed by atoms with Crippen LogP contribution in [0.15, 0.2) is 6.08 Å². The zero-order chi connectivity index (χ0) is 7.98. The summed E-state index contributed by atoms with van der Waals surface area (Å²) in [6.07, 6.45) is 1.47. The first-order chi connectivity index (χ1) is 4.72. The summed E-state index contributed by atoms with van der Waals surface area (Å²) in [5.41, 5.74) is 0. The molecule has 55 valence electrons. The van der Waals surface area contributed by atoms with E-state index in [1.807, 2.05) is 6.92 Å². The van der Waals surface area contributed by atoms with Crippen LogP contribution >= 0.6 is 0 Å². The third-order valence-electron chi connectivity index (χ3n) is 1.38. The van der Waals surface area contributed by atoms with E-state index in [2.05, 4.69) is 11.8 Å². The van der Waals surface area contributed by atoms with Crippen molar-refractivity contribution >= 4 is 0 Å². The summed E-state index contributed by atoms with van der Waals surface area (Å²) in [5.74, 6) is 5.78. The Hall–Kier alpha value is -0.740. The molecule has 0 aliphatic heterocycles. The topological polar surface area (TPSA) is 20.2 Å². The molecule has 0 amide bonds. The summed E-state index contributed by atoms with van der Waals surface area (Å²) in [6, 6.07) is 0. The summed E-state index contributed by atoms with van der Waals surface area (Å²) >= 11 is 0. The highest BCUT2D eigenvalue weighted by atomic mass is 16.3. The highest BCUT2D eigenvalue weighted by molar-refractivity contribution is 4.98. The molecule has 0 aliphatic carbocycles. The third-order valence-corrected chi connectivity index (χ3v) is 1.38. The monoisotopic (exact) mass is 137 g/mol. The summed E-state index contributed by atoms with van der Waals surface area (Å²) in [6.45, 7) is 8.82. The maximum Gasteiger partial charge on any atom is 0.0758 e. The maximum atomic E-state index is 9.10. The van der Waals surface area contributed by atoms with Crippen molar-refractivity contribution in [2.24, 2.45) is 5.92 Å². The van der Waals surface area contributed by atoms with Gasteiger partial charge in [0.25, 0.3) is 0 Å². The van der Waals surface area contributed by atoms with Crippen molar-refractivity contribution in [1.29, 1.82) is 0 Å². The summed E-state index contributed by atoms with van der Waals surface area (Å²) in [5, 5.41) is 9.10. The molecule has 0 heterocycles. The third kappa shape index (κ3) is 3.32. The Kier molecular flexibility index (Phi) is 4.70. The van der Waals surface area contributed by atoms with E-state index >= 15 is 0 Å². The molecule has 0 saturated carbocycles. The number of rotatable bonds is 3. The second-order valence-corrected chi connectivity index (χ2v) is 2.29. The van der Waals surface area contributed by atoms with E-state index in [9.17, 15) is 0 Å². The van der Waals surface area contributed by atoms with Gasteiger partial charge in [-0.1, -0.05) is 19.6 Å². The molecule has 0 bridgehead atoms. The first kappa shape index (κ1) is 9.26. The van der Waals surface area contributed by atoms with Gasteiger partial charge in [0.05, 0.1) is 6.10 Å². The Morgan fingerprint density at radius 1 is 1.70 bits per heavy atom. The first-order valence-electron chi connectivity index (χ1n) is 3.35. The van der Waals surface area contributed by atoms with Crippen molar-refractivity contribution in [3.63, 3.8) is 0 Å².